The summed E-state index contributed by atoms with van der Waals surface area (Å²) in [5, 5.41) is 7.42. The summed E-state index contributed by atoms with van der Waals surface area (Å²) in [7, 11) is 3.98. The van der Waals surface area contributed by atoms with Crippen LogP contribution in [0.1, 0.15) is 30.1 Å². The molecule has 3 rings (SSSR count). The maximum absolute atomic E-state index is 4.70. The summed E-state index contributed by atoms with van der Waals surface area (Å²) in [6.45, 7) is 0.883. The number of rotatable bonds is 5. The second-order valence-corrected chi connectivity index (χ2v) is 5.76. The highest BCUT2D eigenvalue weighted by molar-refractivity contribution is 7.07. The molecule has 1 fully saturated rings. The first kappa shape index (κ1) is 12.4. The van der Waals surface area contributed by atoms with Gasteiger partial charge >= 0.3 is 0 Å². The number of anilines is 2. The van der Waals surface area contributed by atoms with Crippen molar-refractivity contribution in [3.8, 4) is 0 Å². The second kappa shape index (κ2) is 5.17. The van der Waals surface area contributed by atoms with Gasteiger partial charge in [0.25, 0.3) is 0 Å². The van der Waals surface area contributed by atoms with Crippen LogP contribution >= 0.6 is 11.3 Å². The zero-order valence-corrected chi connectivity index (χ0v) is 12.1. The predicted molar refractivity (Wildman–Crippen MR) is 80.0 cm³/mol. The Balaban J connectivity index is 1.83. The third kappa shape index (κ3) is 2.87. The Morgan fingerprint density at radius 2 is 2.26 bits per heavy atom. The molecule has 0 aliphatic heterocycles. The number of nitrogens with zero attached hydrogens (tertiary/aromatic N) is 3. The Bertz CT molecular complexity index is 549. The zero-order chi connectivity index (χ0) is 13.2. The molecule has 5 heteroatoms. The van der Waals surface area contributed by atoms with Crippen molar-refractivity contribution in [3.63, 3.8) is 0 Å². The van der Waals surface area contributed by atoms with Gasteiger partial charge in [-0.1, -0.05) is 0 Å². The summed E-state index contributed by atoms with van der Waals surface area (Å²) in [5.41, 5.74) is 1.32. The smallest absolute Gasteiger partial charge is 0.136 e. The highest BCUT2D eigenvalue weighted by Crippen LogP contribution is 2.39. The van der Waals surface area contributed by atoms with E-state index in [1.807, 2.05) is 13.1 Å². The Morgan fingerprint density at radius 3 is 2.89 bits per heavy atom. The van der Waals surface area contributed by atoms with E-state index in [-0.39, 0.29) is 0 Å². The van der Waals surface area contributed by atoms with Crippen LogP contribution in [0.5, 0.6) is 0 Å². The van der Waals surface area contributed by atoms with Gasteiger partial charge in [-0.2, -0.15) is 11.3 Å². The summed E-state index contributed by atoms with van der Waals surface area (Å²) in [6, 6.07) is 4.17. The van der Waals surface area contributed by atoms with Crippen LogP contribution < -0.4 is 10.2 Å². The van der Waals surface area contributed by atoms with Gasteiger partial charge in [-0.3, -0.25) is 0 Å². The lowest BCUT2D eigenvalue weighted by Crippen LogP contribution is -2.18. The van der Waals surface area contributed by atoms with Gasteiger partial charge in [0.15, 0.2) is 0 Å². The first-order chi connectivity index (χ1) is 9.26. The van der Waals surface area contributed by atoms with E-state index in [9.17, 15) is 0 Å². The van der Waals surface area contributed by atoms with Gasteiger partial charge in [0.05, 0.1) is 0 Å². The van der Waals surface area contributed by atoms with Crippen LogP contribution in [-0.4, -0.2) is 24.1 Å². The quantitative estimate of drug-likeness (QED) is 0.909. The summed E-state index contributed by atoms with van der Waals surface area (Å²) >= 11 is 1.73. The Labute approximate surface area is 117 Å². The molecule has 0 radical (unpaired) electrons. The first-order valence-corrected chi connectivity index (χ1v) is 7.49. The standard InChI is InChI=1S/C14H18N4S/c1-15-12-7-13(17-14(16-12)11-3-4-11)18(2)8-10-5-6-19-9-10/h5-7,9,11H,3-4,8H2,1-2H3,(H,15,16,17). The van der Waals surface area contributed by atoms with Crippen molar-refractivity contribution in [2.24, 2.45) is 0 Å². The minimum atomic E-state index is 0.571. The molecular weight excluding hydrogens is 256 g/mol. The average molecular weight is 274 g/mol. The van der Waals surface area contributed by atoms with Crippen LogP contribution in [-0.2, 0) is 6.54 Å². The van der Waals surface area contributed by atoms with Crippen molar-refractivity contribution >= 4 is 23.0 Å². The third-order valence-electron chi connectivity index (χ3n) is 3.32. The van der Waals surface area contributed by atoms with Crippen LogP contribution in [0.25, 0.3) is 0 Å². The summed E-state index contributed by atoms with van der Waals surface area (Å²) < 4.78 is 0. The number of hydrogen-bond acceptors (Lipinski definition) is 5. The summed E-state index contributed by atoms with van der Waals surface area (Å²) in [6.07, 6.45) is 2.45. The lowest BCUT2D eigenvalue weighted by molar-refractivity contribution is 0.857. The van der Waals surface area contributed by atoms with Gasteiger partial charge in [-0.25, -0.2) is 9.97 Å². The first-order valence-electron chi connectivity index (χ1n) is 6.55. The molecule has 2 aromatic heterocycles. The van der Waals surface area contributed by atoms with E-state index in [0.29, 0.717) is 5.92 Å². The van der Waals surface area contributed by atoms with E-state index in [1.54, 1.807) is 11.3 Å². The van der Waals surface area contributed by atoms with Crippen LogP contribution in [0.2, 0.25) is 0 Å². The fraction of sp³-hybridized carbons (Fsp3) is 0.429. The third-order valence-corrected chi connectivity index (χ3v) is 4.05. The lowest BCUT2D eigenvalue weighted by atomic mass is 10.3. The average Bonchev–Trinajstić information content (AvgIpc) is 3.17. The summed E-state index contributed by atoms with van der Waals surface area (Å²) in [5.74, 6) is 3.46. The van der Waals surface area contributed by atoms with Crippen LogP contribution in [0.4, 0.5) is 11.6 Å². The van der Waals surface area contributed by atoms with E-state index in [4.69, 9.17) is 4.98 Å². The molecule has 0 saturated heterocycles. The Hall–Kier alpha value is -1.62. The molecular formula is C14H18N4S. The van der Waals surface area contributed by atoms with Crippen molar-refractivity contribution in [2.45, 2.75) is 25.3 Å². The van der Waals surface area contributed by atoms with Crippen molar-refractivity contribution in [3.05, 3.63) is 34.3 Å². The Kier molecular flexibility index (Phi) is 3.38. The van der Waals surface area contributed by atoms with E-state index in [1.165, 1.54) is 18.4 Å². The second-order valence-electron chi connectivity index (χ2n) is 4.98. The minimum Gasteiger partial charge on any atom is -0.373 e. The number of hydrogen-bond donors (Lipinski definition) is 1. The molecule has 2 aromatic rings. The minimum absolute atomic E-state index is 0.571. The normalized spacial score (nSPS) is 14.4. The van der Waals surface area contributed by atoms with Crippen molar-refractivity contribution in [1.82, 2.24) is 9.97 Å². The predicted octanol–water partition coefficient (Wildman–Crippen LogP) is 3.09. The topological polar surface area (TPSA) is 41.0 Å². The molecule has 19 heavy (non-hydrogen) atoms. The van der Waals surface area contributed by atoms with E-state index < -0.39 is 0 Å². The molecule has 0 amide bonds. The molecule has 100 valence electrons. The molecule has 2 heterocycles. The van der Waals surface area contributed by atoms with Gasteiger partial charge in [-0.05, 0) is 35.2 Å². The van der Waals surface area contributed by atoms with Gasteiger partial charge in [0.2, 0.25) is 0 Å². The van der Waals surface area contributed by atoms with Gasteiger partial charge in [0, 0.05) is 32.6 Å². The van der Waals surface area contributed by atoms with Gasteiger partial charge in [0.1, 0.15) is 17.5 Å². The molecule has 0 atom stereocenters. The molecule has 1 N–H and O–H groups in total. The monoisotopic (exact) mass is 274 g/mol. The maximum atomic E-state index is 4.70. The number of thiophene rings is 1. The van der Waals surface area contributed by atoms with E-state index in [0.717, 1.165) is 24.0 Å². The molecule has 0 aromatic carbocycles. The van der Waals surface area contributed by atoms with Crippen molar-refractivity contribution in [2.75, 3.05) is 24.3 Å². The maximum Gasteiger partial charge on any atom is 0.136 e. The van der Waals surface area contributed by atoms with E-state index >= 15 is 0 Å². The molecule has 1 aliphatic carbocycles. The lowest BCUT2D eigenvalue weighted by Gasteiger charge is -2.19. The van der Waals surface area contributed by atoms with Crippen LogP contribution in [0.15, 0.2) is 22.9 Å². The summed E-state index contributed by atoms with van der Waals surface area (Å²) in [4.78, 5) is 11.4. The highest BCUT2D eigenvalue weighted by atomic mass is 32.1. The molecule has 1 aliphatic rings. The van der Waals surface area contributed by atoms with Crippen molar-refractivity contribution in [1.29, 1.82) is 0 Å². The van der Waals surface area contributed by atoms with Crippen molar-refractivity contribution < 1.29 is 0 Å². The fourth-order valence-electron chi connectivity index (χ4n) is 2.04. The zero-order valence-electron chi connectivity index (χ0n) is 11.3. The van der Waals surface area contributed by atoms with Crippen LogP contribution in [0, 0.1) is 0 Å². The Morgan fingerprint density at radius 1 is 1.42 bits per heavy atom. The molecule has 0 spiro atoms. The van der Waals surface area contributed by atoms with E-state index in [2.05, 4.69) is 39.1 Å². The number of nitrogens with one attached hydrogen (secondary N) is 1. The molecule has 1 saturated carbocycles. The largest absolute Gasteiger partial charge is 0.373 e. The fourth-order valence-corrected chi connectivity index (χ4v) is 2.70. The molecule has 0 unspecified atom stereocenters. The number of aromatic nitrogens is 2. The van der Waals surface area contributed by atoms with Crippen LogP contribution in [0.3, 0.4) is 0 Å². The highest BCUT2D eigenvalue weighted by Gasteiger charge is 2.27. The SMILES string of the molecule is CNc1cc(N(C)Cc2ccsc2)nc(C2CC2)n1. The van der Waals surface area contributed by atoms with Gasteiger partial charge < -0.3 is 10.2 Å². The molecule has 4 nitrogen and oxygen atoms in total. The van der Waals surface area contributed by atoms with Gasteiger partial charge in [-0.15, -0.1) is 0 Å². The molecule has 0 bridgehead atoms.